The number of allylic oxidation sites excluding steroid dienone is 4. The first-order valence-electron chi connectivity index (χ1n) is 4.11. The SMILES string of the molecule is CC(C)C1=CC(Cl)=CC(C#N)C1. The molecule has 0 aromatic rings. The second-order valence-electron chi connectivity index (χ2n) is 3.37. The van der Waals surface area contributed by atoms with Crippen LogP contribution in [0.25, 0.3) is 0 Å². The van der Waals surface area contributed by atoms with Crippen molar-refractivity contribution in [2.45, 2.75) is 20.3 Å². The molecule has 1 nitrogen and oxygen atoms in total. The third-order valence-corrected chi connectivity index (χ3v) is 2.28. The Morgan fingerprint density at radius 3 is 2.83 bits per heavy atom. The maximum Gasteiger partial charge on any atom is 0.0701 e. The van der Waals surface area contributed by atoms with Crippen LogP contribution in [0.2, 0.25) is 0 Å². The van der Waals surface area contributed by atoms with Gasteiger partial charge in [0.05, 0.1) is 12.0 Å². The Morgan fingerprint density at radius 2 is 2.33 bits per heavy atom. The molecule has 1 unspecified atom stereocenters. The molecule has 1 aliphatic carbocycles. The summed E-state index contributed by atoms with van der Waals surface area (Å²) in [4.78, 5) is 0. The molecule has 0 spiro atoms. The van der Waals surface area contributed by atoms with Crippen LogP contribution in [0.3, 0.4) is 0 Å². The van der Waals surface area contributed by atoms with Gasteiger partial charge in [0.2, 0.25) is 0 Å². The molecule has 0 radical (unpaired) electrons. The van der Waals surface area contributed by atoms with Gasteiger partial charge in [0.1, 0.15) is 0 Å². The highest BCUT2D eigenvalue weighted by molar-refractivity contribution is 6.31. The van der Waals surface area contributed by atoms with Crippen molar-refractivity contribution in [3.63, 3.8) is 0 Å². The fraction of sp³-hybridized carbons (Fsp3) is 0.500. The number of rotatable bonds is 1. The van der Waals surface area contributed by atoms with E-state index in [0.717, 1.165) is 6.42 Å². The van der Waals surface area contributed by atoms with Crippen LogP contribution in [0.15, 0.2) is 22.8 Å². The summed E-state index contributed by atoms with van der Waals surface area (Å²) in [6, 6.07) is 2.22. The lowest BCUT2D eigenvalue weighted by molar-refractivity contribution is 0.662. The van der Waals surface area contributed by atoms with Crippen LogP contribution in [-0.2, 0) is 0 Å². The molecule has 0 N–H and O–H groups in total. The topological polar surface area (TPSA) is 23.8 Å². The molecule has 0 aromatic carbocycles. The van der Waals surface area contributed by atoms with Gasteiger partial charge in [-0.15, -0.1) is 0 Å². The van der Waals surface area contributed by atoms with E-state index in [1.54, 1.807) is 0 Å². The zero-order valence-corrected chi connectivity index (χ0v) is 8.10. The van der Waals surface area contributed by atoms with Gasteiger partial charge in [0.25, 0.3) is 0 Å². The maximum absolute atomic E-state index is 8.73. The molecule has 64 valence electrons. The van der Waals surface area contributed by atoms with Gasteiger partial charge in [-0.25, -0.2) is 0 Å². The van der Waals surface area contributed by atoms with Crippen molar-refractivity contribution in [1.29, 1.82) is 5.26 Å². The van der Waals surface area contributed by atoms with Crippen LogP contribution in [0.1, 0.15) is 20.3 Å². The fourth-order valence-corrected chi connectivity index (χ4v) is 1.57. The first kappa shape index (κ1) is 9.35. The highest BCUT2D eigenvalue weighted by Crippen LogP contribution is 2.28. The lowest BCUT2D eigenvalue weighted by Crippen LogP contribution is -2.05. The van der Waals surface area contributed by atoms with Gasteiger partial charge in [-0.05, 0) is 24.5 Å². The third kappa shape index (κ3) is 2.12. The quantitative estimate of drug-likeness (QED) is 0.609. The van der Waals surface area contributed by atoms with Gasteiger partial charge in [0.15, 0.2) is 0 Å². The van der Waals surface area contributed by atoms with E-state index in [1.807, 2.05) is 12.2 Å². The van der Waals surface area contributed by atoms with Crippen LogP contribution in [0.5, 0.6) is 0 Å². The predicted octanol–water partition coefficient (Wildman–Crippen LogP) is 3.23. The molecular weight excluding hydrogens is 170 g/mol. The summed E-state index contributed by atoms with van der Waals surface area (Å²) in [6.07, 6.45) is 4.62. The first-order chi connectivity index (χ1) is 5.63. The normalized spacial score (nSPS) is 23.1. The van der Waals surface area contributed by atoms with E-state index in [4.69, 9.17) is 16.9 Å². The summed E-state index contributed by atoms with van der Waals surface area (Å²) >= 11 is 5.86. The molecule has 0 saturated carbocycles. The van der Waals surface area contributed by atoms with E-state index in [-0.39, 0.29) is 5.92 Å². The van der Waals surface area contributed by atoms with Crippen molar-refractivity contribution >= 4 is 11.6 Å². The Morgan fingerprint density at radius 1 is 1.67 bits per heavy atom. The van der Waals surface area contributed by atoms with Crippen molar-refractivity contribution < 1.29 is 0 Å². The van der Waals surface area contributed by atoms with E-state index < -0.39 is 0 Å². The van der Waals surface area contributed by atoms with Crippen LogP contribution in [0, 0.1) is 23.2 Å². The Balaban J connectivity index is 2.82. The molecule has 1 aliphatic rings. The molecule has 2 heteroatoms. The Hall–Kier alpha value is -0.740. The monoisotopic (exact) mass is 181 g/mol. The summed E-state index contributed by atoms with van der Waals surface area (Å²) in [5, 5.41) is 9.43. The van der Waals surface area contributed by atoms with Crippen LogP contribution in [0.4, 0.5) is 0 Å². The molecule has 0 saturated heterocycles. The third-order valence-electron chi connectivity index (χ3n) is 2.05. The molecule has 0 bridgehead atoms. The number of hydrogen-bond donors (Lipinski definition) is 0. The van der Waals surface area contributed by atoms with Crippen molar-refractivity contribution in [1.82, 2.24) is 0 Å². The smallest absolute Gasteiger partial charge is 0.0701 e. The zero-order chi connectivity index (χ0) is 9.14. The predicted molar refractivity (Wildman–Crippen MR) is 50.6 cm³/mol. The second kappa shape index (κ2) is 3.78. The average Bonchev–Trinajstić information content (AvgIpc) is 2.03. The highest BCUT2D eigenvalue weighted by Gasteiger charge is 2.15. The molecule has 1 rings (SSSR count). The van der Waals surface area contributed by atoms with Crippen molar-refractivity contribution in [3.05, 3.63) is 22.8 Å². The van der Waals surface area contributed by atoms with Gasteiger partial charge >= 0.3 is 0 Å². The van der Waals surface area contributed by atoms with Crippen molar-refractivity contribution in [2.75, 3.05) is 0 Å². The summed E-state index contributed by atoms with van der Waals surface area (Å²) < 4.78 is 0. The molecule has 0 aliphatic heterocycles. The molecule has 0 heterocycles. The number of nitrogens with zero attached hydrogens (tertiary/aromatic N) is 1. The van der Waals surface area contributed by atoms with E-state index in [2.05, 4.69) is 19.9 Å². The molecule has 0 amide bonds. The first-order valence-corrected chi connectivity index (χ1v) is 4.48. The molecular formula is C10H12ClN. The van der Waals surface area contributed by atoms with Gasteiger partial charge in [-0.3, -0.25) is 0 Å². The van der Waals surface area contributed by atoms with Crippen LogP contribution < -0.4 is 0 Å². The number of nitriles is 1. The van der Waals surface area contributed by atoms with Crippen LogP contribution in [-0.4, -0.2) is 0 Å². The molecule has 0 aromatic heterocycles. The summed E-state index contributed by atoms with van der Waals surface area (Å²) in [7, 11) is 0. The van der Waals surface area contributed by atoms with Gasteiger partial charge in [0, 0.05) is 5.03 Å². The summed E-state index contributed by atoms with van der Waals surface area (Å²) in [5.41, 5.74) is 1.27. The minimum atomic E-state index is -0.0279. The molecule has 12 heavy (non-hydrogen) atoms. The minimum Gasteiger partial charge on any atom is -0.198 e. The summed E-state index contributed by atoms with van der Waals surface area (Å²) in [5.74, 6) is 0.461. The Kier molecular flexibility index (Phi) is 2.94. The van der Waals surface area contributed by atoms with E-state index in [1.165, 1.54) is 5.57 Å². The molecule has 1 atom stereocenters. The van der Waals surface area contributed by atoms with Crippen LogP contribution >= 0.6 is 11.6 Å². The Labute approximate surface area is 78.3 Å². The average molecular weight is 182 g/mol. The fourth-order valence-electron chi connectivity index (χ4n) is 1.27. The zero-order valence-electron chi connectivity index (χ0n) is 7.34. The van der Waals surface area contributed by atoms with Gasteiger partial charge in [-0.2, -0.15) is 5.26 Å². The lowest BCUT2D eigenvalue weighted by atomic mass is 9.89. The van der Waals surface area contributed by atoms with Gasteiger partial charge < -0.3 is 0 Å². The van der Waals surface area contributed by atoms with E-state index in [9.17, 15) is 0 Å². The Bertz CT molecular complexity index is 268. The van der Waals surface area contributed by atoms with Crippen molar-refractivity contribution in [3.8, 4) is 6.07 Å². The summed E-state index contributed by atoms with van der Waals surface area (Å²) in [6.45, 7) is 4.24. The second-order valence-corrected chi connectivity index (χ2v) is 3.80. The highest BCUT2D eigenvalue weighted by atomic mass is 35.5. The minimum absolute atomic E-state index is 0.0279. The lowest BCUT2D eigenvalue weighted by Gasteiger charge is -2.17. The van der Waals surface area contributed by atoms with Gasteiger partial charge in [-0.1, -0.05) is 31.0 Å². The number of halogens is 1. The largest absolute Gasteiger partial charge is 0.198 e. The standard InChI is InChI=1S/C10H12ClN/c1-7(2)9-3-8(6-12)4-10(11)5-9/h4-5,7-8H,3H2,1-2H3. The van der Waals surface area contributed by atoms with E-state index in [0.29, 0.717) is 11.0 Å². The van der Waals surface area contributed by atoms with E-state index >= 15 is 0 Å². The maximum atomic E-state index is 8.73. The molecule has 0 fully saturated rings. The van der Waals surface area contributed by atoms with Crippen molar-refractivity contribution in [2.24, 2.45) is 11.8 Å². The number of hydrogen-bond acceptors (Lipinski definition) is 1.